The number of anilines is 1. The molecule has 0 radical (unpaired) electrons. The van der Waals surface area contributed by atoms with Gasteiger partial charge in [-0.25, -0.2) is 17.6 Å². The second-order valence-corrected chi connectivity index (χ2v) is 9.49. The standard InChI is InChI=1S/C24H19F4N3O4S/c1-12-24(33)30(11-16-17(26)3-2-4-20(16)31(34)35)21-6-5-13(7-22(21)36-12)23(32)29-10-15-18(27)8-14(25)9-19(15)28/h2-9,12,24,33H,10-11H2,1H3,(H,29,32). The number of aliphatic hydroxyl groups is 1. The van der Waals surface area contributed by atoms with E-state index in [0.717, 1.165) is 6.07 Å². The Balaban J connectivity index is 1.60. The largest absolute Gasteiger partial charge is 0.372 e. The van der Waals surface area contributed by atoms with Crippen molar-refractivity contribution in [1.29, 1.82) is 0 Å². The van der Waals surface area contributed by atoms with Crippen molar-refractivity contribution < 1.29 is 32.4 Å². The van der Waals surface area contributed by atoms with Gasteiger partial charge in [-0.1, -0.05) is 6.07 Å². The lowest BCUT2D eigenvalue weighted by atomic mass is 10.1. The highest BCUT2D eigenvalue weighted by Gasteiger charge is 2.33. The van der Waals surface area contributed by atoms with Crippen LogP contribution in [0.3, 0.4) is 0 Å². The van der Waals surface area contributed by atoms with E-state index < -0.39 is 63.4 Å². The Morgan fingerprint density at radius 3 is 2.44 bits per heavy atom. The van der Waals surface area contributed by atoms with E-state index in [0.29, 0.717) is 22.7 Å². The summed E-state index contributed by atoms with van der Waals surface area (Å²) in [5.41, 5.74) is -0.547. The van der Waals surface area contributed by atoms with E-state index in [1.807, 2.05) is 0 Å². The van der Waals surface area contributed by atoms with E-state index in [4.69, 9.17) is 0 Å². The highest BCUT2D eigenvalue weighted by molar-refractivity contribution is 8.00. The molecule has 0 aromatic heterocycles. The number of nitrogens with one attached hydrogen (secondary N) is 1. The number of aliphatic hydroxyl groups excluding tert-OH is 1. The van der Waals surface area contributed by atoms with Gasteiger partial charge in [0.1, 0.15) is 29.5 Å². The molecule has 2 N–H and O–H groups in total. The van der Waals surface area contributed by atoms with Crippen LogP contribution in [-0.4, -0.2) is 27.4 Å². The summed E-state index contributed by atoms with van der Waals surface area (Å²) in [4.78, 5) is 25.3. The molecule has 3 aromatic rings. The van der Waals surface area contributed by atoms with Crippen LogP contribution >= 0.6 is 11.8 Å². The van der Waals surface area contributed by atoms with Crippen LogP contribution in [0.1, 0.15) is 28.4 Å². The first-order chi connectivity index (χ1) is 17.1. The van der Waals surface area contributed by atoms with Crippen molar-refractivity contribution in [3.8, 4) is 0 Å². The highest BCUT2D eigenvalue weighted by Crippen LogP contribution is 2.42. The second-order valence-electron chi connectivity index (χ2n) is 8.07. The molecule has 0 saturated carbocycles. The average molecular weight is 521 g/mol. The van der Waals surface area contributed by atoms with Crippen molar-refractivity contribution >= 4 is 29.0 Å². The number of rotatable bonds is 6. The number of nitrogens with zero attached hydrogens (tertiary/aromatic N) is 2. The molecule has 0 spiro atoms. The monoisotopic (exact) mass is 521 g/mol. The molecule has 7 nitrogen and oxygen atoms in total. The SMILES string of the molecule is CC1Sc2cc(C(=O)NCc3c(F)cc(F)cc3F)ccc2N(Cc2c(F)cccc2[N+](=O)[O-])C1O. The maximum atomic E-state index is 14.5. The Labute approximate surface area is 206 Å². The Morgan fingerprint density at radius 2 is 1.78 bits per heavy atom. The first kappa shape index (κ1) is 25.5. The van der Waals surface area contributed by atoms with E-state index in [1.54, 1.807) is 6.92 Å². The lowest BCUT2D eigenvalue weighted by molar-refractivity contribution is -0.385. The Morgan fingerprint density at radius 1 is 1.08 bits per heavy atom. The molecule has 1 aliphatic rings. The number of hydrogen-bond donors (Lipinski definition) is 2. The molecule has 4 rings (SSSR count). The van der Waals surface area contributed by atoms with E-state index in [-0.39, 0.29) is 17.7 Å². The van der Waals surface area contributed by atoms with Crippen molar-refractivity contribution in [2.75, 3.05) is 4.90 Å². The first-order valence-electron chi connectivity index (χ1n) is 10.7. The van der Waals surface area contributed by atoms with Crippen LogP contribution in [0, 0.1) is 33.4 Å². The number of halogens is 4. The number of carbonyl (C=O) groups excluding carboxylic acids is 1. The third-order valence-electron chi connectivity index (χ3n) is 5.73. The van der Waals surface area contributed by atoms with Crippen LogP contribution < -0.4 is 10.2 Å². The van der Waals surface area contributed by atoms with Gasteiger partial charge in [0.2, 0.25) is 0 Å². The molecule has 2 atom stereocenters. The Bertz CT molecular complexity index is 1330. The molecule has 0 fully saturated rings. The first-order valence-corrected chi connectivity index (χ1v) is 11.5. The molecule has 0 aliphatic carbocycles. The van der Waals surface area contributed by atoms with E-state index in [9.17, 15) is 37.6 Å². The van der Waals surface area contributed by atoms with Crippen LogP contribution in [0.5, 0.6) is 0 Å². The fourth-order valence-corrected chi connectivity index (χ4v) is 5.05. The predicted molar refractivity (Wildman–Crippen MR) is 124 cm³/mol. The van der Waals surface area contributed by atoms with Crippen molar-refractivity contribution in [2.24, 2.45) is 0 Å². The second kappa shape index (κ2) is 10.2. The van der Waals surface area contributed by atoms with E-state index >= 15 is 0 Å². The molecule has 1 amide bonds. The van der Waals surface area contributed by atoms with Crippen molar-refractivity contribution in [1.82, 2.24) is 5.32 Å². The zero-order valence-electron chi connectivity index (χ0n) is 18.7. The summed E-state index contributed by atoms with van der Waals surface area (Å²) >= 11 is 1.24. The van der Waals surface area contributed by atoms with Crippen LogP contribution in [0.2, 0.25) is 0 Å². The van der Waals surface area contributed by atoms with Gasteiger partial charge in [-0.3, -0.25) is 14.9 Å². The molecule has 12 heteroatoms. The van der Waals surface area contributed by atoms with Gasteiger partial charge >= 0.3 is 0 Å². The van der Waals surface area contributed by atoms with Gasteiger partial charge in [-0.15, -0.1) is 11.8 Å². The van der Waals surface area contributed by atoms with Gasteiger partial charge in [-0.05, 0) is 31.2 Å². The number of fused-ring (bicyclic) bond motifs is 1. The molecule has 36 heavy (non-hydrogen) atoms. The topological polar surface area (TPSA) is 95.7 Å². The van der Waals surface area contributed by atoms with Gasteiger partial charge in [0, 0.05) is 40.8 Å². The van der Waals surface area contributed by atoms with Gasteiger partial charge in [0.15, 0.2) is 0 Å². The van der Waals surface area contributed by atoms with E-state index in [2.05, 4.69) is 5.32 Å². The number of nitro groups is 1. The fourth-order valence-electron chi connectivity index (χ4n) is 3.88. The van der Waals surface area contributed by atoms with Crippen LogP contribution in [-0.2, 0) is 13.1 Å². The molecule has 2 unspecified atom stereocenters. The number of carbonyl (C=O) groups is 1. The van der Waals surface area contributed by atoms with Crippen LogP contribution in [0.25, 0.3) is 0 Å². The minimum atomic E-state index is -1.13. The minimum Gasteiger partial charge on any atom is -0.372 e. The quantitative estimate of drug-likeness (QED) is 0.272. The van der Waals surface area contributed by atoms with Crippen LogP contribution in [0.15, 0.2) is 53.4 Å². The van der Waals surface area contributed by atoms with Crippen molar-refractivity contribution in [2.45, 2.75) is 36.4 Å². The average Bonchev–Trinajstić information content (AvgIpc) is 2.81. The number of amides is 1. The summed E-state index contributed by atoms with van der Waals surface area (Å²) < 4.78 is 55.3. The van der Waals surface area contributed by atoms with Gasteiger partial charge < -0.3 is 15.3 Å². The summed E-state index contributed by atoms with van der Waals surface area (Å²) in [5, 5.41) is 24.1. The normalized spacial score (nSPS) is 17.0. The molecule has 0 saturated heterocycles. The third-order valence-corrected chi connectivity index (χ3v) is 6.93. The fraction of sp³-hybridized carbons (Fsp3) is 0.208. The molecular weight excluding hydrogens is 502 g/mol. The number of thioether (sulfide) groups is 1. The summed E-state index contributed by atoms with van der Waals surface area (Å²) in [6.45, 7) is 0.893. The van der Waals surface area contributed by atoms with E-state index in [1.165, 1.54) is 47.0 Å². The Kier molecular flexibility index (Phi) is 7.18. The molecule has 1 aliphatic heterocycles. The van der Waals surface area contributed by atoms with Gasteiger partial charge in [0.05, 0.1) is 28.0 Å². The molecule has 3 aromatic carbocycles. The van der Waals surface area contributed by atoms with Gasteiger partial charge in [0.25, 0.3) is 11.6 Å². The lowest BCUT2D eigenvalue weighted by Gasteiger charge is -2.39. The summed E-state index contributed by atoms with van der Waals surface area (Å²) in [5.74, 6) is -4.78. The van der Waals surface area contributed by atoms with Gasteiger partial charge in [-0.2, -0.15) is 0 Å². The molecule has 188 valence electrons. The summed E-state index contributed by atoms with van der Waals surface area (Å²) in [6.07, 6.45) is -1.11. The summed E-state index contributed by atoms with van der Waals surface area (Å²) in [6, 6.07) is 8.92. The van der Waals surface area contributed by atoms with Crippen molar-refractivity contribution in [3.63, 3.8) is 0 Å². The predicted octanol–water partition coefficient (Wildman–Crippen LogP) is 4.90. The molecule has 1 heterocycles. The lowest BCUT2D eigenvalue weighted by Crippen LogP contribution is -2.44. The molecule has 0 bridgehead atoms. The zero-order valence-corrected chi connectivity index (χ0v) is 19.5. The summed E-state index contributed by atoms with van der Waals surface area (Å²) in [7, 11) is 0. The number of nitro benzene ring substituents is 1. The zero-order chi connectivity index (χ0) is 26.1. The maximum absolute atomic E-state index is 14.5. The Hall–Kier alpha value is -3.64. The number of hydrogen-bond acceptors (Lipinski definition) is 6. The minimum absolute atomic E-state index is 0.143. The molecular formula is C24H19F4N3O4S. The maximum Gasteiger partial charge on any atom is 0.277 e. The smallest absolute Gasteiger partial charge is 0.277 e. The van der Waals surface area contributed by atoms with Crippen molar-refractivity contribution in [3.05, 3.63) is 98.6 Å². The number of benzene rings is 3. The van der Waals surface area contributed by atoms with Crippen LogP contribution in [0.4, 0.5) is 28.9 Å². The third kappa shape index (κ3) is 5.00. The highest BCUT2D eigenvalue weighted by atomic mass is 32.2.